The van der Waals surface area contributed by atoms with Gasteiger partial charge in [0.2, 0.25) is 0 Å². The molecule has 3 rings (SSSR count). The minimum Gasteiger partial charge on any atom is -0.386 e. The van der Waals surface area contributed by atoms with Crippen molar-refractivity contribution in [1.82, 2.24) is 4.98 Å². The molecule has 1 aromatic carbocycles. The number of amides is 2. The Morgan fingerprint density at radius 1 is 1.17 bits per heavy atom. The van der Waals surface area contributed by atoms with E-state index >= 15 is 0 Å². The normalized spacial score (nSPS) is 11.3. The van der Waals surface area contributed by atoms with Crippen LogP contribution in [-0.4, -0.2) is 21.9 Å². The second-order valence-electron chi connectivity index (χ2n) is 7.20. The predicted molar refractivity (Wildman–Crippen MR) is 114 cm³/mol. The third-order valence-corrected chi connectivity index (χ3v) is 5.55. The molecular weight excluding hydrogens is 407 g/mol. The van der Waals surface area contributed by atoms with Crippen molar-refractivity contribution < 1.29 is 19.1 Å². The van der Waals surface area contributed by atoms with Gasteiger partial charge in [0.25, 0.3) is 11.8 Å². The SMILES string of the molecule is CC(C)(O)c1ccc(-c2cc(C(N)=O)c(NCc3cccc(C(N)=O)n3)s2)c(F)c1. The van der Waals surface area contributed by atoms with Gasteiger partial charge in [0, 0.05) is 10.4 Å². The third kappa shape index (κ3) is 4.64. The van der Waals surface area contributed by atoms with Crippen molar-refractivity contribution >= 4 is 28.2 Å². The summed E-state index contributed by atoms with van der Waals surface area (Å²) in [5, 5.41) is 13.6. The minimum absolute atomic E-state index is 0.130. The van der Waals surface area contributed by atoms with Crippen LogP contribution in [0.15, 0.2) is 42.5 Å². The van der Waals surface area contributed by atoms with Gasteiger partial charge >= 0.3 is 0 Å². The van der Waals surface area contributed by atoms with Gasteiger partial charge in [0.1, 0.15) is 16.5 Å². The van der Waals surface area contributed by atoms with E-state index in [0.29, 0.717) is 21.1 Å². The van der Waals surface area contributed by atoms with Crippen LogP contribution in [0.4, 0.5) is 9.39 Å². The number of aliphatic hydroxyl groups is 1. The standard InChI is InChI=1S/C21H21FN4O3S/c1-21(2,29)11-6-7-13(15(22)8-11)17-9-14(18(23)27)20(30-17)25-10-12-4-3-5-16(26-12)19(24)28/h3-9,25,29H,10H2,1-2H3,(H2,23,27)(H2,24,28). The van der Waals surface area contributed by atoms with Gasteiger partial charge in [-0.05, 0) is 43.7 Å². The van der Waals surface area contributed by atoms with E-state index in [1.165, 1.54) is 18.2 Å². The number of nitrogens with zero attached hydrogens (tertiary/aromatic N) is 1. The average molecular weight is 428 g/mol. The third-order valence-electron chi connectivity index (χ3n) is 4.43. The molecule has 0 aliphatic carbocycles. The van der Waals surface area contributed by atoms with E-state index in [9.17, 15) is 19.1 Å². The maximum absolute atomic E-state index is 14.7. The zero-order chi connectivity index (χ0) is 22.1. The molecule has 0 fully saturated rings. The van der Waals surface area contributed by atoms with Crippen molar-refractivity contribution in [3.8, 4) is 10.4 Å². The van der Waals surface area contributed by atoms with Crippen LogP contribution >= 0.6 is 11.3 Å². The summed E-state index contributed by atoms with van der Waals surface area (Å²) in [4.78, 5) is 27.8. The molecule has 0 saturated heterocycles. The van der Waals surface area contributed by atoms with E-state index in [2.05, 4.69) is 10.3 Å². The molecule has 3 aromatic rings. The highest BCUT2D eigenvalue weighted by Crippen LogP contribution is 2.37. The summed E-state index contributed by atoms with van der Waals surface area (Å²) in [7, 11) is 0. The molecule has 0 unspecified atom stereocenters. The van der Waals surface area contributed by atoms with Crippen LogP contribution in [0.5, 0.6) is 0 Å². The van der Waals surface area contributed by atoms with Crippen LogP contribution in [0, 0.1) is 5.82 Å². The van der Waals surface area contributed by atoms with E-state index in [0.717, 1.165) is 11.3 Å². The Labute approximate surface area is 176 Å². The number of primary amides is 2. The number of nitrogens with one attached hydrogen (secondary N) is 1. The first-order valence-corrected chi connectivity index (χ1v) is 9.84. The first-order valence-electron chi connectivity index (χ1n) is 9.02. The molecule has 0 radical (unpaired) electrons. The quantitative estimate of drug-likeness (QED) is 0.459. The number of hydrogen-bond acceptors (Lipinski definition) is 6. The highest BCUT2D eigenvalue weighted by atomic mass is 32.1. The van der Waals surface area contributed by atoms with Crippen molar-refractivity contribution in [3.63, 3.8) is 0 Å². The Balaban J connectivity index is 1.90. The Hall–Kier alpha value is -3.30. The smallest absolute Gasteiger partial charge is 0.267 e. The fourth-order valence-corrected chi connectivity index (χ4v) is 3.91. The summed E-state index contributed by atoms with van der Waals surface area (Å²) in [6, 6.07) is 10.8. The number of anilines is 1. The lowest BCUT2D eigenvalue weighted by atomic mass is 9.96. The summed E-state index contributed by atoms with van der Waals surface area (Å²) >= 11 is 1.16. The fraction of sp³-hybridized carbons (Fsp3) is 0.190. The summed E-state index contributed by atoms with van der Waals surface area (Å²) in [5.74, 6) is -1.82. The number of halogens is 1. The zero-order valence-corrected chi connectivity index (χ0v) is 17.2. The molecule has 6 N–H and O–H groups in total. The fourth-order valence-electron chi connectivity index (χ4n) is 2.82. The first-order chi connectivity index (χ1) is 14.1. The molecule has 0 saturated carbocycles. The lowest BCUT2D eigenvalue weighted by Gasteiger charge is -2.18. The molecular formula is C21H21FN4O3S. The highest BCUT2D eigenvalue weighted by molar-refractivity contribution is 7.19. The van der Waals surface area contributed by atoms with Gasteiger partial charge in [-0.1, -0.05) is 18.2 Å². The van der Waals surface area contributed by atoms with Gasteiger partial charge in [0.15, 0.2) is 0 Å². The number of pyridine rings is 1. The second kappa shape index (κ2) is 8.21. The van der Waals surface area contributed by atoms with Crippen LogP contribution in [0.2, 0.25) is 0 Å². The van der Waals surface area contributed by atoms with E-state index in [4.69, 9.17) is 11.5 Å². The maximum Gasteiger partial charge on any atom is 0.267 e. The molecule has 0 bridgehead atoms. The number of hydrogen-bond donors (Lipinski definition) is 4. The Morgan fingerprint density at radius 2 is 1.90 bits per heavy atom. The van der Waals surface area contributed by atoms with Gasteiger partial charge in [-0.2, -0.15) is 0 Å². The van der Waals surface area contributed by atoms with E-state index in [-0.39, 0.29) is 23.4 Å². The van der Waals surface area contributed by atoms with Crippen LogP contribution in [0.1, 0.15) is 46.0 Å². The largest absolute Gasteiger partial charge is 0.386 e. The van der Waals surface area contributed by atoms with Crippen molar-refractivity contribution in [1.29, 1.82) is 0 Å². The number of rotatable bonds is 7. The van der Waals surface area contributed by atoms with E-state index < -0.39 is 23.2 Å². The molecule has 2 aromatic heterocycles. The Bertz CT molecular complexity index is 1120. The monoisotopic (exact) mass is 428 g/mol. The van der Waals surface area contributed by atoms with Crippen LogP contribution < -0.4 is 16.8 Å². The van der Waals surface area contributed by atoms with Crippen LogP contribution in [0.3, 0.4) is 0 Å². The van der Waals surface area contributed by atoms with Crippen LogP contribution in [-0.2, 0) is 12.1 Å². The van der Waals surface area contributed by atoms with Crippen molar-refractivity contribution in [2.24, 2.45) is 11.5 Å². The number of benzene rings is 1. The minimum atomic E-state index is -1.17. The Morgan fingerprint density at radius 3 is 2.50 bits per heavy atom. The number of carbonyl (C=O) groups excluding carboxylic acids is 2. The molecule has 2 heterocycles. The van der Waals surface area contributed by atoms with Gasteiger partial charge < -0.3 is 21.9 Å². The van der Waals surface area contributed by atoms with Gasteiger partial charge in [-0.25, -0.2) is 9.37 Å². The van der Waals surface area contributed by atoms with Crippen molar-refractivity contribution in [2.75, 3.05) is 5.32 Å². The van der Waals surface area contributed by atoms with Crippen molar-refractivity contribution in [3.05, 3.63) is 70.8 Å². The summed E-state index contributed by atoms with van der Waals surface area (Å²) in [6.07, 6.45) is 0. The second-order valence-corrected chi connectivity index (χ2v) is 8.26. The lowest BCUT2D eigenvalue weighted by molar-refractivity contribution is 0.0782. The number of thiophene rings is 1. The highest BCUT2D eigenvalue weighted by Gasteiger charge is 2.21. The maximum atomic E-state index is 14.7. The van der Waals surface area contributed by atoms with E-state index in [1.807, 2.05) is 0 Å². The molecule has 0 aliphatic rings. The molecule has 30 heavy (non-hydrogen) atoms. The molecule has 0 aliphatic heterocycles. The zero-order valence-electron chi connectivity index (χ0n) is 16.4. The average Bonchev–Trinajstić information content (AvgIpc) is 3.10. The topological polar surface area (TPSA) is 131 Å². The molecule has 0 atom stereocenters. The molecule has 156 valence electrons. The number of nitrogens with two attached hydrogens (primary N) is 2. The van der Waals surface area contributed by atoms with Crippen LogP contribution in [0.25, 0.3) is 10.4 Å². The summed E-state index contributed by atoms with van der Waals surface area (Å²) in [6.45, 7) is 3.35. The summed E-state index contributed by atoms with van der Waals surface area (Å²) < 4.78 is 14.7. The summed E-state index contributed by atoms with van der Waals surface area (Å²) in [5.41, 5.74) is 11.2. The van der Waals surface area contributed by atoms with Gasteiger partial charge in [0.05, 0.1) is 23.4 Å². The molecule has 9 heteroatoms. The first kappa shape index (κ1) is 21.4. The Kier molecular flexibility index (Phi) is 5.86. The van der Waals surface area contributed by atoms with Gasteiger partial charge in [-0.15, -0.1) is 11.3 Å². The molecule has 7 nitrogen and oxygen atoms in total. The molecule has 0 spiro atoms. The van der Waals surface area contributed by atoms with Crippen molar-refractivity contribution in [2.45, 2.75) is 26.0 Å². The lowest BCUT2D eigenvalue weighted by Crippen LogP contribution is -2.15. The number of carbonyl (C=O) groups is 2. The van der Waals surface area contributed by atoms with E-state index in [1.54, 1.807) is 38.1 Å². The number of aromatic nitrogens is 1. The van der Waals surface area contributed by atoms with Gasteiger partial charge in [-0.3, -0.25) is 9.59 Å². The molecule has 2 amide bonds. The predicted octanol–water partition coefficient (Wildman–Crippen LogP) is 2.99.